The maximum absolute atomic E-state index is 12.5. The van der Waals surface area contributed by atoms with E-state index in [0.29, 0.717) is 6.04 Å². The molecule has 3 rings (SSSR count). The summed E-state index contributed by atoms with van der Waals surface area (Å²) in [6, 6.07) is 8.77. The summed E-state index contributed by atoms with van der Waals surface area (Å²) in [5.41, 5.74) is 2.25. The second-order valence-corrected chi connectivity index (χ2v) is 5.41. The van der Waals surface area contributed by atoms with Gasteiger partial charge < -0.3 is 10.2 Å². The van der Waals surface area contributed by atoms with Crippen molar-refractivity contribution in [1.82, 2.24) is 5.32 Å². The van der Waals surface area contributed by atoms with Crippen molar-refractivity contribution < 1.29 is 4.79 Å². The molecular weight excluding hydrogens is 224 g/mol. The molecule has 1 atom stereocenters. The van der Waals surface area contributed by atoms with Crippen molar-refractivity contribution >= 4 is 11.6 Å². The normalized spacial score (nSPS) is 24.4. The maximum Gasteiger partial charge on any atom is 0.244 e. The van der Waals surface area contributed by atoms with E-state index in [4.69, 9.17) is 0 Å². The van der Waals surface area contributed by atoms with Crippen molar-refractivity contribution in [3.8, 4) is 0 Å². The number of hydrogen-bond donors (Lipinski definition) is 1. The summed E-state index contributed by atoms with van der Waals surface area (Å²) in [5, 5.41) is 3.47. The number of rotatable bonds is 3. The Morgan fingerprint density at radius 2 is 2.00 bits per heavy atom. The Kier molecular flexibility index (Phi) is 3.08. The predicted molar refractivity (Wildman–Crippen MR) is 72.7 cm³/mol. The Bertz CT molecular complexity index is 454. The highest BCUT2D eigenvalue weighted by Crippen LogP contribution is 2.26. The van der Waals surface area contributed by atoms with E-state index in [1.807, 2.05) is 23.1 Å². The highest BCUT2D eigenvalue weighted by Gasteiger charge is 2.34. The van der Waals surface area contributed by atoms with Gasteiger partial charge in [-0.05, 0) is 44.2 Å². The lowest BCUT2D eigenvalue weighted by Gasteiger charge is -2.33. The van der Waals surface area contributed by atoms with Gasteiger partial charge in [0.1, 0.15) is 0 Å². The first-order valence-corrected chi connectivity index (χ1v) is 6.89. The average molecular weight is 244 g/mol. The van der Waals surface area contributed by atoms with Gasteiger partial charge in [-0.15, -0.1) is 0 Å². The summed E-state index contributed by atoms with van der Waals surface area (Å²) >= 11 is 0. The lowest BCUT2D eigenvalue weighted by molar-refractivity contribution is -0.121. The molecule has 96 valence electrons. The summed E-state index contributed by atoms with van der Waals surface area (Å²) in [6.07, 6.45) is 4.53. The third-order valence-corrected chi connectivity index (χ3v) is 3.86. The molecular formula is C15H20N2O. The van der Waals surface area contributed by atoms with Gasteiger partial charge in [-0.1, -0.05) is 18.2 Å². The van der Waals surface area contributed by atoms with Gasteiger partial charge in [-0.25, -0.2) is 0 Å². The molecule has 1 amide bonds. The number of carbonyl (C=O) groups is 1. The largest absolute Gasteiger partial charge is 0.311 e. The minimum absolute atomic E-state index is 0.0332. The number of nitrogens with one attached hydrogen (secondary N) is 1. The molecule has 1 heterocycles. The molecule has 0 spiro atoms. The van der Waals surface area contributed by atoms with Gasteiger partial charge in [0.15, 0.2) is 0 Å². The first kappa shape index (κ1) is 11.7. The van der Waals surface area contributed by atoms with Gasteiger partial charge in [-0.2, -0.15) is 0 Å². The van der Waals surface area contributed by atoms with E-state index in [1.54, 1.807) is 0 Å². The maximum atomic E-state index is 12.5. The van der Waals surface area contributed by atoms with Crippen LogP contribution in [0.15, 0.2) is 24.3 Å². The van der Waals surface area contributed by atoms with E-state index in [1.165, 1.54) is 18.4 Å². The molecule has 1 saturated carbocycles. The van der Waals surface area contributed by atoms with Crippen LogP contribution in [-0.4, -0.2) is 24.5 Å². The van der Waals surface area contributed by atoms with E-state index in [-0.39, 0.29) is 11.9 Å². The molecule has 0 aromatic heterocycles. The molecule has 18 heavy (non-hydrogen) atoms. The van der Waals surface area contributed by atoms with E-state index in [9.17, 15) is 4.79 Å². The number of para-hydroxylation sites is 1. The highest BCUT2D eigenvalue weighted by molar-refractivity contribution is 5.98. The van der Waals surface area contributed by atoms with Gasteiger partial charge in [0.25, 0.3) is 0 Å². The molecule has 1 aromatic carbocycles. The molecule has 1 N–H and O–H groups in total. The van der Waals surface area contributed by atoms with E-state index < -0.39 is 0 Å². The van der Waals surface area contributed by atoms with Crippen molar-refractivity contribution in [2.45, 2.75) is 44.7 Å². The summed E-state index contributed by atoms with van der Waals surface area (Å²) in [4.78, 5) is 14.5. The zero-order valence-electron chi connectivity index (χ0n) is 10.9. The Balaban J connectivity index is 1.79. The van der Waals surface area contributed by atoms with Crippen molar-refractivity contribution in [3.63, 3.8) is 0 Å². The topological polar surface area (TPSA) is 32.3 Å². The third kappa shape index (κ3) is 2.27. The van der Waals surface area contributed by atoms with Crippen LogP contribution < -0.4 is 10.2 Å². The lowest BCUT2D eigenvalue weighted by atomic mass is 10.0. The Morgan fingerprint density at radius 3 is 2.72 bits per heavy atom. The Labute approximate surface area is 108 Å². The molecule has 3 nitrogen and oxygen atoms in total. The second-order valence-electron chi connectivity index (χ2n) is 5.41. The minimum atomic E-state index is 0.0332. The van der Waals surface area contributed by atoms with Crippen molar-refractivity contribution in [1.29, 1.82) is 0 Å². The molecule has 1 saturated heterocycles. The highest BCUT2D eigenvalue weighted by atomic mass is 16.2. The number of piperidine rings is 1. The van der Waals surface area contributed by atoms with Crippen LogP contribution >= 0.6 is 0 Å². The van der Waals surface area contributed by atoms with Crippen LogP contribution in [0.4, 0.5) is 5.69 Å². The van der Waals surface area contributed by atoms with Crippen LogP contribution in [0.25, 0.3) is 0 Å². The summed E-state index contributed by atoms with van der Waals surface area (Å²) in [6.45, 7) is 2.92. The van der Waals surface area contributed by atoms with Crippen LogP contribution in [0.1, 0.15) is 31.2 Å². The monoisotopic (exact) mass is 244 g/mol. The van der Waals surface area contributed by atoms with Crippen LogP contribution in [0.2, 0.25) is 0 Å². The number of aryl methyl sites for hydroxylation is 1. The minimum Gasteiger partial charge on any atom is -0.311 e. The lowest BCUT2D eigenvalue weighted by Crippen LogP contribution is -2.51. The number of anilines is 1. The van der Waals surface area contributed by atoms with E-state index >= 15 is 0 Å². The Hall–Kier alpha value is -1.35. The van der Waals surface area contributed by atoms with Crippen LogP contribution in [0.3, 0.4) is 0 Å². The zero-order chi connectivity index (χ0) is 12.5. The zero-order valence-corrected chi connectivity index (χ0v) is 10.9. The van der Waals surface area contributed by atoms with Crippen LogP contribution in [0.5, 0.6) is 0 Å². The first-order valence-electron chi connectivity index (χ1n) is 6.89. The standard InChI is InChI=1S/C15H20N2O/c1-11-5-2-3-7-14(11)17-10-4-6-13(15(17)18)16-12-8-9-12/h2-3,5,7,12-13,16H,4,6,8-10H2,1H3. The van der Waals surface area contributed by atoms with Crippen molar-refractivity contribution in [2.24, 2.45) is 0 Å². The summed E-state index contributed by atoms with van der Waals surface area (Å²) in [7, 11) is 0. The number of amides is 1. The fraction of sp³-hybridized carbons (Fsp3) is 0.533. The number of carbonyl (C=O) groups excluding carboxylic acids is 1. The number of hydrogen-bond acceptors (Lipinski definition) is 2. The second kappa shape index (κ2) is 4.73. The van der Waals surface area contributed by atoms with Crippen molar-refractivity contribution in [3.05, 3.63) is 29.8 Å². The predicted octanol–water partition coefficient (Wildman–Crippen LogP) is 2.24. The molecule has 3 heteroatoms. The number of benzene rings is 1. The van der Waals surface area contributed by atoms with Gasteiger partial charge >= 0.3 is 0 Å². The SMILES string of the molecule is Cc1ccccc1N1CCCC(NC2CC2)C1=O. The molecule has 1 aliphatic carbocycles. The van der Waals surface area contributed by atoms with Crippen LogP contribution in [-0.2, 0) is 4.79 Å². The fourth-order valence-electron chi connectivity index (χ4n) is 2.67. The van der Waals surface area contributed by atoms with Gasteiger partial charge in [0.05, 0.1) is 6.04 Å². The van der Waals surface area contributed by atoms with Gasteiger partial charge in [-0.3, -0.25) is 4.79 Å². The molecule has 0 radical (unpaired) electrons. The molecule has 1 aromatic rings. The quantitative estimate of drug-likeness (QED) is 0.884. The fourth-order valence-corrected chi connectivity index (χ4v) is 2.67. The Morgan fingerprint density at radius 1 is 1.22 bits per heavy atom. The molecule has 0 bridgehead atoms. The average Bonchev–Trinajstić information content (AvgIpc) is 3.17. The number of nitrogens with zero attached hydrogens (tertiary/aromatic N) is 1. The third-order valence-electron chi connectivity index (χ3n) is 3.86. The molecule has 1 aliphatic heterocycles. The summed E-state index contributed by atoms with van der Waals surface area (Å²) < 4.78 is 0. The molecule has 2 fully saturated rings. The smallest absolute Gasteiger partial charge is 0.244 e. The van der Waals surface area contributed by atoms with Gasteiger partial charge in [0.2, 0.25) is 5.91 Å². The van der Waals surface area contributed by atoms with Crippen molar-refractivity contribution in [2.75, 3.05) is 11.4 Å². The summed E-state index contributed by atoms with van der Waals surface area (Å²) in [5.74, 6) is 0.252. The van der Waals surface area contributed by atoms with E-state index in [0.717, 1.165) is 25.1 Å². The first-order chi connectivity index (χ1) is 8.75. The van der Waals surface area contributed by atoms with Gasteiger partial charge in [0, 0.05) is 18.3 Å². The molecule has 2 aliphatic rings. The van der Waals surface area contributed by atoms with E-state index in [2.05, 4.69) is 18.3 Å². The van der Waals surface area contributed by atoms with Crippen LogP contribution in [0, 0.1) is 6.92 Å². The molecule has 1 unspecified atom stereocenters.